The van der Waals surface area contributed by atoms with E-state index in [2.05, 4.69) is 9.71 Å². The Morgan fingerprint density at radius 1 is 0.974 bits per heavy atom. The standard InChI is InChI=1S/C27H27N3O7S2/c1-4-36-21-11-14-23-24(16-21)38-27(30(23)17-25(31)37-5-2)28-26(32)18-7-6-8-19(15-18)29-39(33,34)22-12-9-20(35-3)10-13-22/h6-16,29H,4-5,17H2,1-3H3. The highest BCUT2D eigenvalue weighted by molar-refractivity contribution is 7.92. The average molecular weight is 570 g/mol. The van der Waals surface area contributed by atoms with Crippen LogP contribution in [0.25, 0.3) is 10.2 Å². The Balaban J connectivity index is 1.67. The van der Waals surface area contributed by atoms with Gasteiger partial charge in [-0.25, -0.2) is 8.42 Å². The van der Waals surface area contributed by atoms with Crippen LogP contribution in [-0.2, 0) is 26.1 Å². The minimum absolute atomic E-state index is 0.0430. The number of nitrogens with zero attached hydrogens (tertiary/aromatic N) is 2. The van der Waals surface area contributed by atoms with E-state index in [-0.39, 0.29) is 29.3 Å². The first kappa shape index (κ1) is 27.9. The SMILES string of the molecule is CCOC(=O)Cn1c(=NC(=O)c2cccc(NS(=O)(=O)c3ccc(OC)cc3)c2)sc2cc(OCC)ccc21. The number of rotatable bonds is 10. The summed E-state index contributed by atoms with van der Waals surface area (Å²) in [5, 5.41) is 0. The molecule has 0 fully saturated rings. The third-order valence-corrected chi connectivity index (χ3v) is 7.92. The first-order valence-corrected chi connectivity index (χ1v) is 14.3. The highest BCUT2D eigenvalue weighted by Crippen LogP contribution is 2.24. The number of esters is 1. The summed E-state index contributed by atoms with van der Waals surface area (Å²) in [4.78, 5) is 30.1. The summed E-state index contributed by atoms with van der Waals surface area (Å²) in [5.74, 6) is 0.118. The number of fused-ring (bicyclic) bond motifs is 1. The van der Waals surface area contributed by atoms with Gasteiger partial charge in [0, 0.05) is 11.3 Å². The lowest BCUT2D eigenvalue weighted by atomic mass is 10.2. The maximum absolute atomic E-state index is 13.2. The van der Waals surface area contributed by atoms with Crippen molar-refractivity contribution in [3.8, 4) is 11.5 Å². The van der Waals surface area contributed by atoms with E-state index in [4.69, 9.17) is 14.2 Å². The number of amides is 1. The van der Waals surface area contributed by atoms with Gasteiger partial charge in [-0.3, -0.25) is 14.3 Å². The molecule has 1 heterocycles. The van der Waals surface area contributed by atoms with Crippen LogP contribution < -0.4 is 19.0 Å². The monoisotopic (exact) mass is 569 g/mol. The van der Waals surface area contributed by atoms with Gasteiger partial charge in [-0.05, 0) is 74.5 Å². The molecule has 0 saturated heterocycles. The van der Waals surface area contributed by atoms with Gasteiger partial charge in [0.1, 0.15) is 18.0 Å². The quantitative estimate of drug-likeness (QED) is 0.284. The van der Waals surface area contributed by atoms with E-state index in [1.807, 2.05) is 13.0 Å². The van der Waals surface area contributed by atoms with Crippen LogP contribution in [0.3, 0.4) is 0 Å². The summed E-state index contributed by atoms with van der Waals surface area (Å²) < 4.78 is 46.3. The topological polar surface area (TPSA) is 125 Å². The normalized spacial score (nSPS) is 11.8. The molecule has 0 spiro atoms. The molecule has 0 aliphatic carbocycles. The van der Waals surface area contributed by atoms with Crippen LogP contribution in [-0.4, -0.2) is 45.2 Å². The van der Waals surface area contributed by atoms with Crippen molar-refractivity contribution in [1.29, 1.82) is 0 Å². The van der Waals surface area contributed by atoms with Gasteiger partial charge in [-0.2, -0.15) is 4.99 Å². The molecule has 0 atom stereocenters. The summed E-state index contributed by atoms with van der Waals surface area (Å²) in [6, 6.07) is 17.4. The average Bonchev–Trinajstić information content (AvgIpc) is 3.24. The zero-order valence-electron chi connectivity index (χ0n) is 21.5. The smallest absolute Gasteiger partial charge is 0.326 e. The van der Waals surface area contributed by atoms with Crippen molar-refractivity contribution in [2.75, 3.05) is 25.0 Å². The molecule has 12 heteroatoms. The van der Waals surface area contributed by atoms with E-state index >= 15 is 0 Å². The maximum atomic E-state index is 13.2. The van der Waals surface area contributed by atoms with E-state index in [9.17, 15) is 18.0 Å². The molecule has 1 N–H and O–H groups in total. The highest BCUT2D eigenvalue weighted by atomic mass is 32.2. The lowest BCUT2D eigenvalue weighted by Gasteiger charge is -2.09. The number of carbonyl (C=O) groups excluding carboxylic acids is 2. The highest BCUT2D eigenvalue weighted by Gasteiger charge is 2.17. The van der Waals surface area contributed by atoms with Gasteiger partial charge in [-0.1, -0.05) is 17.4 Å². The second kappa shape index (κ2) is 12.1. The fraction of sp³-hybridized carbons (Fsp3) is 0.222. The minimum Gasteiger partial charge on any atom is -0.497 e. The molecule has 204 valence electrons. The summed E-state index contributed by atoms with van der Waals surface area (Å²) in [7, 11) is -2.41. The molecular weight excluding hydrogens is 542 g/mol. The van der Waals surface area contributed by atoms with Crippen molar-refractivity contribution >= 4 is 49.1 Å². The molecule has 0 aliphatic rings. The molecule has 0 aliphatic heterocycles. The number of hydrogen-bond donors (Lipinski definition) is 1. The lowest BCUT2D eigenvalue weighted by Crippen LogP contribution is -2.23. The Bertz CT molecular complexity index is 1670. The second-order valence-electron chi connectivity index (χ2n) is 8.12. The number of hydrogen-bond acceptors (Lipinski definition) is 8. The zero-order chi connectivity index (χ0) is 28.0. The van der Waals surface area contributed by atoms with Gasteiger partial charge in [0.2, 0.25) is 0 Å². The molecule has 0 saturated carbocycles. The van der Waals surface area contributed by atoms with E-state index < -0.39 is 21.9 Å². The number of ether oxygens (including phenoxy) is 3. The van der Waals surface area contributed by atoms with E-state index in [0.29, 0.717) is 28.4 Å². The Labute approximate surface area is 229 Å². The van der Waals surface area contributed by atoms with Crippen molar-refractivity contribution in [2.24, 2.45) is 4.99 Å². The van der Waals surface area contributed by atoms with E-state index in [1.54, 1.807) is 41.8 Å². The summed E-state index contributed by atoms with van der Waals surface area (Å²) >= 11 is 1.23. The number of carbonyl (C=O) groups is 2. The molecule has 0 bridgehead atoms. The van der Waals surface area contributed by atoms with Crippen LogP contribution in [0, 0.1) is 0 Å². The summed E-state index contributed by atoms with van der Waals surface area (Å²) in [5.41, 5.74) is 1.06. The molecule has 0 radical (unpaired) electrons. The van der Waals surface area contributed by atoms with Gasteiger partial charge in [0.05, 0.1) is 35.4 Å². The summed E-state index contributed by atoms with van der Waals surface area (Å²) in [6.07, 6.45) is 0. The number of methoxy groups -OCH3 is 1. The summed E-state index contributed by atoms with van der Waals surface area (Å²) in [6.45, 7) is 4.18. The van der Waals surface area contributed by atoms with E-state index in [0.717, 1.165) is 4.70 Å². The second-order valence-corrected chi connectivity index (χ2v) is 10.8. The molecule has 3 aromatic carbocycles. The molecular formula is C27H27N3O7S2. The van der Waals surface area contributed by atoms with Gasteiger partial charge in [0.25, 0.3) is 15.9 Å². The third kappa shape index (κ3) is 6.65. The van der Waals surface area contributed by atoms with Crippen LogP contribution in [0.15, 0.2) is 76.6 Å². The number of anilines is 1. The van der Waals surface area contributed by atoms with Crippen molar-refractivity contribution in [2.45, 2.75) is 25.3 Å². The first-order valence-electron chi connectivity index (χ1n) is 12.0. The van der Waals surface area contributed by atoms with Crippen LogP contribution in [0.4, 0.5) is 5.69 Å². The predicted molar refractivity (Wildman–Crippen MR) is 148 cm³/mol. The molecule has 4 rings (SSSR count). The minimum atomic E-state index is -3.90. The Hall–Kier alpha value is -4.16. The predicted octanol–water partition coefficient (Wildman–Crippen LogP) is 4.22. The van der Waals surface area contributed by atoms with Crippen LogP contribution in [0.2, 0.25) is 0 Å². The lowest BCUT2D eigenvalue weighted by molar-refractivity contribution is -0.143. The number of thiazole rings is 1. The Morgan fingerprint density at radius 3 is 2.41 bits per heavy atom. The molecule has 39 heavy (non-hydrogen) atoms. The van der Waals surface area contributed by atoms with Crippen LogP contribution in [0.5, 0.6) is 11.5 Å². The molecule has 4 aromatic rings. The maximum Gasteiger partial charge on any atom is 0.326 e. The first-order chi connectivity index (χ1) is 18.7. The Kier molecular flexibility index (Phi) is 8.67. The van der Waals surface area contributed by atoms with Crippen molar-refractivity contribution < 1.29 is 32.2 Å². The molecule has 10 nitrogen and oxygen atoms in total. The fourth-order valence-electron chi connectivity index (χ4n) is 3.72. The number of sulfonamides is 1. The third-order valence-electron chi connectivity index (χ3n) is 5.49. The van der Waals surface area contributed by atoms with Crippen LogP contribution >= 0.6 is 11.3 Å². The van der Waals surface area contributed by atoms with E-state index in [1.165, 1.54) is 48.8 Å². The Morgan fingerprint density at radius 2 is 1.72 bits per heavy atom. The molecule has 1 amide bonds. The number of nitrogens with one attached hydrogen (secondary N) is 1. The number of benzene rings is 3. The van der Waals surface area contributed by atoms with Gasteiger partial charge < -0.3 is 18.8 Å². The van der Waals surface area contributed by atoms with Gasteiger partial charge in [-0.15, -0.1) is 0 Å². The zero-order valence-corrected chi connectivity index (χ0v) is 23.2. The number of aromatic nitrogens is 1. The van der Waals surface area contributed by atoms with Crippen LogP contribution in [0.1, 0.15) is 24.2 Å². The van der Waals surface area contributed by atoms with Crippen molar-refractivity contribution in [3.63, 3.8) is 0 Å². The van der Waals surface area contributed by atoms with Crippen molar-refractivity contribution in [3.05, 3.63) is 77.1 Å². The van der Waals surface area contributed by atoms with Crippen molar-refractivity contribution in [1.82, 2.24) is 4.57 Å². The van der Waals surface area contributed by atoms with Gasteiger partial charge >= 0.3 is 5.97 Å². The fourth-order valence-corrected chi connectivity index (χ4v) is 5.83. The van der Waals surface area contributed by atoms with Gasteiger partial charge in [0.15, 0.2) is 4.80 Å². The molecule has 1 aromatic heterocycles. The molecule has 0 unspecified atom stereocenters. The largest absolute Gasteiger partial charge is 0.497 e.